The molecule has 228 valence electrons. The van der Waals surface area contributed by atoms with Gasteiger partial charge in [-0.15, -0.1) is 0 Å². The highest BCUT2D eigenvalue weighted by molar-refractivity contribution is 7.88. The number of halogens is 3. The first kappa shape index (κ1) is 28.6. The van der Waals surface area contributed by atoms with Crippen molar-refractivity contribution in [3.8, 4) is 16.9 Å². The minimum Gasteiger partial charge on any atom is -0.375 e. The molecule has 7 aromatic rings. The smallest absolute Gasteiger partial charge is 0.375 e. The van der Waals surface area contributed by atoms with Gasteiger partial charge in [0, 0.05) is 27.5 Å². The highest BCUT2D eigenvalue weighted by atomic mass is 32.2. The summed E-state index contributed by atoms with van der Waals surface area (Å²) in [6.07, 6.45) is 0. The van der Waals surface area contributed by atoms with E-state index in [9.17, 15) is 21.6 Å². The highest BCUT2D eigenvalue weighted by Crippen LogP contribution is 2.46. The Bertz CT molecular complexity index is 2440. The summed E-state index contributed by atoms with van der Waals surface area (Å²) in [5, 5.41) is 7.02. The summed E-state index contributed by atoms with van der Waals surface area (Å²) in [7, 11) is -7.83. The molecule has 0 amide bonds. The predicted molar refractivity (Wildman–Crippen MR) is 183 cm³/mol. The van der Waals surface area contributed by atoms with Crippen molar-refractivity contribution in [1.29, 1.82) is 0 Å². The van der Waals surface area contributed by atoms with Crippen LogP contribution in [0.3, 0.4) is 0 Å². The lowest BCUT2D eigenvalue weighted by atomic mass is 9.92. The first-order valence-electron chi connectivity index (χ1n) is 14.8. The Hall–Kier alpha value is -4.86. The molecule has 0 aliphatic carbocycles. The third-order valence-electron chi connectivity index (χ3n) is 9.17. The van der Waals surface area contributed by atoms with E-state index in [2.05, 4.69) is 82.8 Å². The maximum absolute atomic E-state index is 13.3. The van der Waals surface area contributed by atoms with E-state index in [1.54, 1.807) is 18.2 Å². The van der Waals surface area contributed by atoms with Crippen LogP contribution in [0.5, 0.6) is 5.75 Å². The molecule has 7 aromatic carbocycles. The van der Waals surface area contributed by atoms with Crippen LogP contribution in [0.1, 0.15) is 0 Å². The zero-order valence-electron chi connectivity index (χ0n) is 24.8. The van der Waals surface area contributed by atoms with Crippen LogP contribution in [0.4, 0.5) is 30.2 Å². The minimum atomic E-state index is -5.85. The number of nitrogens with zero attached hydrogens (tertiary/aromatic N) is 1. The molecule has 1 aliphatic heterocycles. The van der Waals surface area contributed by atoms with E-state index in [0.29, 0.717) is 5.39 Å². The van der Waals surface area contributed by atoms with Crippen molar-refractivity contribution in [2.75, 3.05) is 4.90 Å². The van der Waals surface area contributed by atoms with Gasteiger partial charge in [0.1, 0.15) is 8.07 Å². The fraction of sp³-hybridized carbons (Fsp3) is 0.0811. The summed E-state index contributed by atoms with van der Waals surface area (Å²) >= 11 is 0. The molecular weight excluding hydrogens is 624 g/mol. The summed E-state index contributed by atoms with van der Waals surface area (Å²) in [4.78, 5) is 2.21. The van der Waals surface area contributed by atoms with E-state index in [4.69, 9.17) is 0 Å². The molecule has 0 atom stereocenters. The summed E-state index contributed by atoms with van der Waals surface area (Å²) in [5.74, 6) is -0.366. The fourth-order valence-corrected chi connectivity index (χ4v) is 10.6. The normalized spacial score (nSPS) is 14.1. The van der Waals surface area contributed by atoms with Crippen LogP contribution in [0.25, 0.3) is 43.4 Å². The molecule has 0 unspecified atom stereocenters. The number of rotatable bonds is 5. The molecule has 1 heterocycles. The lowest BCUT2D eigenvalue weighted by Crippen LogP contribution is -2.49. The van der Waals surface area contributed by atoms with Gasteiger partial charge >= 0.3 is 15.6 Å². The summed E-state index contributed by atoms with van der Waals surface area (Å²) in [6, 6.07) is 39.6. The predicted octanol–water partition coefficient (Wildman–Crippen LogP) is 9.09. The third kappa shape index (κ3) is 4.15. The number of hydrogen-bond donors (Lipinski definition) is 0. The Kier molecular flexibility index (Phi) is 6.10. The van der Waals surface area contributed by atoms with Crippen molar-refractivity contribution < 1.29 is 25.8 Å². The van der Waals surface area contributed by atoms with Crippen molar-refractivity contribution in [2.45, 2.75) is 18.6 Å². The van der Waals surface area contributed by atoms with Gasteiger partial charge < -0.3 is 9.08 Å². The molecule has 0 saturated heterocycles. The minimum absolute atomic E-state index is 0.287. The van der Waals surface area contributed by atoms with Crippen LogP contribution in [-0.2, 0) is 10.1 Å². The largest absolute Gasteiger partial charge is 0.534 e. The van der Waals surface area contributed by atoms with Crippen molar-refractivity contribution >= 4 is 77.9 Å². The summed E-state index contributed by atoms with van der Waals surface area (Å²) in [6.45, 7) is 4.76. The Labute approximate surface area is 264 Å². The van der Waals surface area contributed by atoms with Crippen LogP contribution in [-0.4, -0.2) is 22.0 Å². The second kappa shape index (κ2) is 9.82. The molecule has 0 N–H and O–H groups in total. The van der Waals surface area contributed by atoms with Crippen LogP contribution < -0.4 is 19.5 Å². The van der Waals surface area contributed by atoms with Gasteiger partial charge in [-0.05, 0) is 80.1 Å². The molecule has 0 saturated carbocycles. The van der Waals surface area contributed by atoms with Gasteiger partial charge in [-0.3, -0.25) is 0 Å². The van der Waals surface area contributed by atoms with Gasteiger partial charge in [-0.2, -0.15) is 21.6 Å². The number of hydrogen-bond acceptors (Lipinski definition) is 4. The van der Waals surface area contributed by atoms with Crippen LogP contribution in [0.2, 0.25) is 13.1 Å². The van der Waals surface area contributed by atoms with Gasteiger partial charge in [0.25, 0.3) is 0 Å². The Morgan fingerprint density at radius 1 is 0.630 bits per heavy atom. The zero-order chi connectivity index (χ0) is 32.0. The fourth-order valence-electron chi connectivity index (χ4n) is 7.03. The number of fused-ring (bicyclic) bond motifs is 3. The van der Waals surface area contributed by atoms with Crippen molar-refractivity contribution in [3.05, 3.63) is 121 Å². The Morgan fingerprint density at radius 2 is 1.24 bits per heavy atom. The SMILES string of the molecule is C[Si]1(C)c2ccccc2-c2ccc(N(c3ccccc3)c3ccc4ccc5c(OS(=O)(=O)C(F)(F)F)ccc6ccc3c4c65)cc21. The summed E-state index contributed by atoms with van der Waals surface area (Å²) in [5.41, 5.74) is -0.158. The molecule has 0 bridgehead atoms. The topological polar surface area (TPSA) is 46.6 Å². The van der Waals surface area contributed by atoms with Crippen LogP contribution in [0.15, 0.2) is 121 Å². The Balaban J connectivity index is 1.37. The summed E-state index contributed by atoms with van der Waals surface area (Å²) < 4.78 is 68.5. The number of anilines is 3. The lowest BCUT2D eigenvalue weighted by Gasteiger charge is -2.29. The van der Waals surface area contributed by atoms with Crippen LogP contribution >= 0.6 is 0 Å². The Morgan fingerprint density at radius 3 is 1.98 bits per heavy atom. The van der Waals surface area contributed by atoms with Gasteiger partial charge in [0.05, 0.1) is 5.69 Å². The van der Waals surface area contributed by atoms with E-state index in [0.717, 1.165) is 38.6 Å². The van der Waals surface area contributed by atoms with E-state index in [1.807, 2.05) is 36.4 Å². The third-order valence-corrected chi connectivity index (χ3v) is 13.7. The average molecular weight is 650 g/mol. The molecule has 1 aliphatic rings. The molecular formula is C37H26F3NO3SSi. The number of benzene rings is 7. The molecule has 0 aromatic heterocycles. The zero-order valence-corrected chi connectivity index (χ0v) is 26.6. The highest BCUT2D eigenvalue weighted by Gasteiger charge is 2.48. The second-order valence-electron chi connectivity index (χ2n) is 12.1. The lowest BCUT2D eigenvalue weighted by molar-refractivity contribution is -0.0499. The van der Waals surface area contributed by atoms with E-state index >= 15 is 0 Å². The second-order valence-corrected chi connectivity index (χ2v) is 18.0. The molecule has 0 spiro atoms. The van der Waals surface area contributed by atoms with E-state index < -0.39 is 23.7 Å². The monoisotopic (exact) mass is 649 g/mol. The quantitative estimate of drug-likeness (QED) is 0.0808. The van der Waals surface area contributed by atoms with Gasteiger partial charge in [0.15, 0.2) is 5.75 Å². The first-order chi connectivity index (χ1) is 22.0. The van der Waals surface area contributed by atoms with E-state index in [1.165, 1.54) is 27.6 Å². The van der Waals surface area contributed by atoms with Gasteiger partial charge in [0.2, 0.25) is 0 Å². The maximum atomic E-state index is 13.3. The standard InChI is InChI=1S/C37H26F3NO3SSi/c1-46(2)33-11-7-6-10-27(33)28-19-16-26(22-34(28)46)41(25-8-4-3-5-9-25)31-20-14-23-13-18-30-32(44-45(42,43)37(38,39)40)21-15-24-12-17-29(31)35(23)36(24)30/h3-22H,1-2H3. The van der Waals surface area contributed by atoms with Crippen molar-refractivity contribution in [1.82, 2.24) is 0 Å². The maximum Gasteiger partial charge on any atom is 0.534 e. The van der Waals surface area contributed by atoms with Crippen molar-refractivity contribution in [2.24, 2.45) is 0 Å². The van der Waals surface area contributed by atoms with Gasteiger partial charge in [-0.25, -0.2) is 0 Å². The van der Waals surface area contributed by atoms with E-state index in [-0.39, 0.29) is 11.1 Å². The molecule has 8 rings (SSSR count). The first-order valence-corrected chi connectivity index (χ1v) is 19.2. The number of alkyl halides is 3. The average Bonchev–Trinajstić information content (AvgIpc) is 3.27. The van der Waals surface area contributed by atoms with Crippen molar-refractivity contribution in [3.63, 3.8) is 0 Å². The van der Waals surface area contributed by atoms with Gasteiger partial charge in [-0.1, -0.05) is 92.0 Å². The van der Waals surface area contributed by atoms with Crippen LogP contribution in [0, 0.1) is 0 Å². The molecule has 4 nitrogen and oxygen atoms in total. The molecule has 0 fully saturated rings. The molecule has 46 heavy (non-hydrogen) atoms. The molecule has 0 radical (unpaired) electrons. The number of para-hydroxylation sites is 1. The molecule has 9 heteroatoms.